The van der Waals surface area contributed by atoms with Crippen molar-refractivity contribution in [3.05, 3.63) is 173 Å². The summed E-state index contributed by atoms with van der Waals surface area (Å²) in [5, 5.41) is 11.7. The minimum Gasteiger partial charge on any atom is -0.455 e. The van der Waals surface area contributed by atoms with Crippen molar-refractivity contribution >= 4 is 21.9 Å². The van der Waals surface area contributed by atoms with E-state index in [0.717, 1.165) is 61.5 Å². The minimum atomic E-state index is 0.786. The number of fused-ring (bicyclic) bond motifs is 3. The van der Waals surface area contributed by atoms with Crippen LogP contribution in [-0.2, 0) is 0 Å². The molecule has 0 radical (unpaired) electrons. The highest BCUT2D eigenvalue weighted by atomic mass is 16.3. The summed E-state index contributed by atoms with van der Waals surface area (Å²) in [6.45, 7) is 13.2. The summed E-state index contributed by atoms with van der Waals surface area (Å²) in [7, 11) is 0. The Balaban J connectivity index is 1.23. The lowest BCUT2D eigenvalue weighted by atomic mass is 9.89. The van der Waals surface area contributed by atoms with Crippen molar-refractivity contribution in [2.45, 2.75) is 41.5 Å². The molecule has 54 heavy (non-hydrogen) atoms. The van der Waals surface area contributed by atoms with Crippen LogP contribution in [0.5, 0.6) is 0 Å². The van der Waals surface area contributed by atoms with Gasteiger partial charge in [-0.3, -0.25) is 4.57 Å². The first kappa shape index (κ1) is 33.3. The number of aromatic nitrogens is 3. The Morgan fingerprint density at radius 1 is 0.426 bits per heavy atom. The zero-order valence-corrected chi connectivity index (χ0v) is 31.5. The van der Waals surface area contributed by atoms with Crippen LogP contribution in [0.2, 0.25) is 0 Å². The molecule has 0 bridgehead atoms. The Labute approximate surface area is 316 Å². The number of aryl methyl sites for hydroxylation is 6. The zero-order chi connectivity index (χ0) is 37.1. The quantitative estimate of drug-likeness (QED) is 0.174. The third-order valence-electron chi connectivity index (χ3n) is 10.7. The monoisotopic (exact) mass is 699 g/mol. The van der Waals surface area contributed by atoms with Crippen LogP contribution in [0.3, 0.4) is 0 Å². The summed E-state index contributed by atoms with van der Waals surface area (Å²) in [4.78, 5) is 0. The minimum absolute atomic E-state index is 0.786. The second-order valence-corrected chi connectivity index (χ2v) is 14.7. The summed E-state index contributed by atoms with van der Waals surface area (Å²) in [6, 6.07) is 49.6. The number of furan rings is 1. The molecule has 0 N–H and O–H groups in total. The molecule has 7 aromatic carbocycles. The number of para-hydroxylation sites is 1. The van der Waals surface area contributed by atoms with E-state index in [2.05, 4.69) is 149 Å². The van der Waals surface area contributed by atoms with Gasteiger partial charge in [-0.05, 0) is 128 Å². The topological polar surface area (TPSA) is 43.9 Å². The van der Waals surface area contributed by atoms with Gasteiger partial charge in [0.05, 0.1) is 0 Å². The molecule has 9 aromatic rings. The molecule has 2 heterocycles. The molecule has 0 saturated carbocycles. The molecular weight excluding hydrogens is 659 g/mol. The highest BCUT2D eigenvalue weighted by molar-refractivity contribution is 6.12. The maximum atomic E-state index is 6.80. The van der Waals surface area contributed by atoms with Crippen LogP contribution in [0.15, 0.2) is 144 Å². The van der Waals surface area contributed by atoms with Gasteiger partial charge in [0, 0.05) is 33.2 Å². The Morgan fingerprint density at radius 3 is 1.50 bits per heavy atom. The van der Waals surface area contributed by atoms with Crippen LogP contribution in [0.1, 0.15) is 33.4 Å². The van der Waals surface area contributed by atoms with Gasteiger partial charge in [-0.25, -0.2) is 0 Å². The highest BCUT2D eigenvalue weighted by Gasteiger charge is 2.21. The lowest BCUT2D eigenvalue weighted by Crippen LogP contribution is -2.00. The second-order valence-electron chi connectivity index (χ2n) is 14.7. The largest absolute Gasteiger partial charge is 0.455 e. The van der Waals surface area contributed by atoms with Gasteiger partial charge in [0.2, 0.25) is 0 Å². The van der Waals surface area contributed by atoms with Crippen molar-refractivity contribution in [2.75, 3.05) is 0 Å². The summed E-state index contributed by atoms with van der Waals surface area (Å²) in [5.74, 6) is 1.59. The maximum absolute atomic E-state index is 6.80. The summed E-state index contributed by atoms with van der Waals surface area (Å²) >= 11 is 0. The van der Waals surface area contributed by atoms with Gasteiger partial charge in [-0.2, -0.15) is 0 Å². The van der Waals surface area contributed by atoms with E-state index >= 15 is 0 Å². The van der Waals surface area contributed by atoms with Gasteiger partial charge >= 0.3 is 0 Å². The summed E-state index contributed by atoms with van der Waals surface area (Å²) in [5.41, 5.74) is 19.5. The van der Waals surface area contributed by atoms with Crippen LogP contribution < -0.4 is 0 Å². The van der Waals surface area contributed by atoms with Crippen molar-refractivity contribution in [1.29, 1.82) is 0 Å². The van der Waals surface area contributed by atoms with E-state index in [4.69, 9.17) is 14.6 Å². The number of hydrogen-bond donors (Lipinski definition) is 0. The molecule has 4 nitrogen and oxygen atoms in total. The lowest BCUT2D eigenvalue weighted by molar-refractivity contribution is 0.670. The molecule has 9 rings (SSSR count). The fourth-order valence-corrected chi connectivity index (χ4v) is 8.53. The molecule has 0 spiro atoms. The van der Waals surface area contributed by atoms with Crippen molar-refractivity contribution < 1.29 is 4.42 Å². The van der Waals surface area contributed by atoms with Gasteiger partial charge in [0.25, 0.3) is 0 Å². The van der Waals surface area contributed by atoms with Crippen LogP contribution in [0.25, 0.3) is 83.8 Å². The fraction of sp³-hybridized carbons (Fsp3) is 0.120. The molecule has 0 fully saturated rings. The van der Waals surface area contributed by atoms with Gasteiger partial charge < -0.3 is 4.42 Å². The zero-order valence-electron chi connectivity index (χ0n) is 31.5. The third kappa shape index (κ3) is 5.71. The van der Waals surface area contributed by atoms with E-state index in [1.54, 1.807) is 0 Å². The molecule has 4 heteroatoms. The smallest absolute Gasteiger partial charge is 0.168 e. The lowest BCUT2D eigenvalue weighted by Gasteiger charge is -2.14. The molecule has 0 aliphatic heterocycles. The predicted octanol–water partition coefficient (Wildman–Crippen LogP) is 13.4. The van der Waals surface area contributed by atoms with E-state index in [0.29, 0.717) is 0 Å². The number of hydrogen-bond acceptors (Lipinski definition) is 3. The molecule has 0 aliphatic rings. The van der Waals surface area contributed by atoms with E-state index < -0.39 is 0 Å². The first-order valence-electron chi connectivity index (χ1n) is 18.6. The third-order valence-corrected chi connectivity index (χ3v) is 10.7. The number of benzene rings is 7. The number of rotatable bonds is 6. The van der Waals surface area contributed by atoms with E-state index in [1.165, 1.54) is 55.6 Å². The maximum Gasteiger partial charge on any atom is 0.168 e. The Hall–Kier alpha value is -6.52. The molecule has 0 unspecified atom stereocenters. The van der Waals surface area contributed by atoms with Crippen molar-refractivity contribution in [3.8, 4) is 61.8 Å². The van der Waals surface area contributed by atoms with Gasteiger partial charge in [0.15, 0.2) is 11.6 Å². The molecule has 262 valence electrons. The molecule has 0 saturated heterocycles. The van der Waals surface area contributed by atoms with Crippen LogP contribution in [-0.4, -0.2) is 14.8 Å². The van der Waals surface area contributed by atoms with Crippen LogP contribution in [0.4, 0.5) is 0 Å². The van der Waals surface area contributed by atoms with E-state index in [1.807, 2.05) is 36.4 Å². The van der Waals surface area contributed by atoms with Crippen molar-refractivity contribution in [3.63, 3.8) is 0 Å². The van der Waals surface area contributed by atoms with Gasteiger partial charge in [0.1, 0.15) is 11.2 Å². The molecule has 2 aromatic heterocycles. The SMILES string of the molecule is Cc1cc(C)c(-c2ccc3oc4c(-c5ccc(-c6nnc(-c7ccccc7)n6-c6ccccc6)cc5)cc(-c5c(C)cc(C)cc5C)cc4c3c2)c(C)c1. The predicted molar refractivity (Wildman–Crippen MR) is 224 cm³/mol. The highest BCUT2D eigenvalue weighted by Crippen LogP contribution is 2.43. The van der Waals surface area contributed by atoms with Crippen molar-refractivity contribution in [1.82, 2.24) is 14.8 Å². The normalized spacial score (nSPS) is 11.5. The van der Waals surface area contributed by atoms with Crippen LogP contribution in [0, 0.1) is 41.5 Å². The number of nitrogens with zero attached hydrogens (tertiary/aromatic N) is 3. The molecular formula is C50H41N3O. The molecule has 0 amide bonds. The Morgan fingerprint density at radius 2 is 0.907 bits per heavy atom. The van der Waals surface area contributed by atoms with E-state index in [-0.39, 0.29) is 0 Å². The average molecular weight is 700 g/mol. The first-order valence-corrected chi connectivity index (χ1v) is 18.6. The van der Waals surface area contributed by atoms with Gasteiger partial charge in [-0.15, -0.1) is 10.2 Å². The first-order chi connectivity index (χ1) is 26.2. The summed E-state index contributed by atoms with van der Waals surface area (Å²) in [6.07, 6.45) is 0. The van der Waals surface area contributed by atoms with Gasteiger partial charge in [-0.1, -0.05) is 114 Å². The van der Waals surface area contributed by atoms with Crippen molar-refractivity contribution in [2.24, 2.45) is 0 Å². The standard InChI is InChI=1S/C50H41N3O/c1-30-23-32(3)46(33(4)24-30)39-21-22-45-43(27-39)44-29-40(47-34(5)25-31(2)26-35(47)6)28-42(48(44)54-45)36-17-19-38(20-18-36)50-52-51-49(37-13-9-7-10-14-37)53(50)41-15-11-8-12-16-41/h7-29H,1-6H3. The van der Waals surface area contributed by atoms with E-state index in [9.17, 15) is 0 Å². The fourth-order valence-electron chi connectivity index (χ4n) is 8.53. The Kier molecular flexibility index (Phi) is 8.12. The Bertz CT molecular complexity index is 2810. The average Bonchev–Trinajstić information content (AvgIpc) is 3.77. The van der Waals surface area contributed by atoms with Crippen LogP contribution >= 0.6 is 0 Å². The molecule has 0 aliphatic carbocycles. The molecule has 0 atom stereocenters. The second kappa shape index (κ2) is 13.2. The summed E-state index contributed by atoms with van der Waals surface area (Å²) < 4.78 is 8.94.